The largest absolute Gasteiger partial charge is 0.447 e. The lowest BCUT2D eigenvalue weighted by molar-refractivity contribution is -0.401. The first-order chi connectivity index (χ1) is 10.5. The predicted molar refractivity (Wildman–Crippen MR) is 71.4 cm³/mol. The van der Waals surface area contributed by atoms with Crippen molar-refractivity contribution in [2.24, 2.45) is 5.84 Å². The summed E-state index contributed by atoms with van der Waals surface area (Å²) in [6.07, 6.45) is 0.721. The summed E-state index contributed by atoms with van der Waals surface area (Å²) in [7, 11) is 0. The SMILES string of the molecule is CCOC(=O)N(N)n1cc(C=O)c(-c2ccc([N+](=O)[O-])o2)n1. The van der Waals surface area contributed by atoms with E-state index < -0.39 is 16.9 Å². The third-order valence-corrected chi connectivity index (χ3v) is 2.54. The maximum absolute atomic E-state index is 11.5. The molecule has 2 rings (SSSR count). The van der Waals surface area contributed by atoms with E-state index in [9.17, 15) is 19.7 Å². The van der Waals surface area contributed by atoms with Crippen LogP contribution >= 0.6 is 0 Å². The van der Waals surface area contributed by atoms with Gasteiger partial charge < -0.3 is 9.15 Å². The average molecular weight is 309 g/mol. The lowest BCUT2D eigenvalue weighted by Gasteiger charge is -2.14. The van der Waals surface area contributed by atoms with Crippen LogP contribution in [0.4, 0.5) is 10.7 Å². The van der Waals surface area contributed by atoms with Crippen molar-refractivity contribution in [1.29, 1.82) is 0 Å². The maximum atomic E-state index is 11.5. The summed E-state index contributed by atoms with van der Waals surface area (Å²) in [5.41, 5.74) is 0.0341. The van der Waals surface area contributed by atoms with Crippen LogP contribution in [0.2, 0.25) is 0 Å². The molecule has 2 aromatic rings. The monoisotopic (exact) mass is 309 g/mol. The van der Waals surface area contributed by atoms with E-state index in [0.29, 0.717) is 11.4 Å². The van der Waals surface area contributed by atoms with Crippen molar-refractivity contribution in [3.63, 3.8) is 0 Å². The van der Waals surface area contributed by atoms with Crippen LogP contribution in [0.1, 0.15) is 17.3 Å². The zero-order valence-electron chi connectivity index (χ0n) is 11.3. The molecule has 0 aromatic carbocycles. The molecule has 0 saturated carbocycles. The number of aromatic nitrogens is 2. The summed E-state index contributed by atoms with van der Waals surface area (Å²) < 4.78 is 9.65. The minimum atomic E-state index is -0.889. The number of hydrazine groups is 1. The average Bonchev–Trinajstić information content (AvgIpc) is 3.12. The molecule has 0 bridgehead atoms. The molecule has 0 saturated heterocycles. The van der Waals surface area contributed by atoms with Gasteiger partial charge in [-0.25, -0.2) is 10.6 Å². The van der Waals surface area contributed by atoms with E-state index in [2.05, 4.69) is 9.84 Å². The highest BCUT2D eigenvalue weighted by Gasteiger charge is 2.21. The molecule has 2 heterocycles. The van der Waals surface area contributed by atoms with Crippen LogP contribution in [-0.2, 0) is 4.74 Å². The Labute approximate surface area is 122 Å². The first-order valence-corrected chi connectivity index (χ1v) is 5.99. The van der Waals surface area contributed by atoms with Gasteiger partial charge in [0.2, 0.25) is 0 Å². The van der Waals surface area contributed by atoms with Gasteiger partial charge in [-0.2, -0.15) is 4.79 Å². The highest BCUT2D eigenvalue weighted by molar-refractivity contribution is 5.85. The predicted octanol–water partition coefficient (Wildman–Crippen LogP) is 0.832. The summed E-state index contributed by atoms with van der Waals surface area (Å²) in [4.78, 5) is 33.3. The standard InChI is InChI=1S/C11H11N5O6/c1-2-21-11(18)15(12)14-5-7(6-17)10(13-14)8-3-4-9(22-8)16(19)20/h3-6H,2,12H2,1H3. The van der Waals surface area contributed by atoms with Gasteiger partial charge in [-0.3, -0.25) is 14.9 Å². The molecule has 0 aliphatic carbocycles. The maximum Gasteiger partial charge on any atom is 0.445 e. The molecule has 1 amide bonds. The molecule has 0 spiro atoms. The zero-order valence-corrected chi connectivity index (χ0v) is 11.3. The third-order valence-electron chi connectivity index (χ3n) is 2.54. The van der Waals surface area contributed by atoms with Crippen molar-refractivity contribution < 1.29 is 23.7 Å². The van der Waals surface area contributed by atoms with E-state index in [0.717, 1.165) is 17.1 Å². The number of ether oxygens (including phenoxy) is 1. The van der Waals surface area contributed by atoms with Gasteiger partial charge in [0.05, 0.1) is 24.4 Å². The topological polar surface area (TPSA) is 147 Å². The lowest BCUT2D eigenvalue weighted by Crippen LogP contribution is -2.47. The number of hydrogen-bond donors (Lipinski definition) is 1. The number of nitro groups is 1. The van der Waals surface area contributed by atoms with Gasteiger partial charge in [0.1, 0.15) is 10.6 Å². The van der Waals surface area contributed by atoms with E-state index in [1.54, 1.807) is 6.92 Å². The minimum Gasteiger partial charge on any atom is -0.447 e. The van der Waals surface area contributed by atoms with Crippen LogP contribution in [0.3, 0.4) is 0 Å². The Hall–Kier alpha value is -3.21. The lowest BCUT2D eigenvalue weighted by atomic mass is 10.2. The summed E-state index contributed by atoms with van der Waals surface area (Å²) in [5.74, 6) is 4.98. The quantitative estimate of drug-likeness (QED) is 0.281. The Balaban J connectivity index is 2.38. The molecular formula is C11H11N5O6. The Morgan fingerprint density at radius 1 is 1.64 bits per heavy atom. The summed E-state index contributed by atoms with van der Waals surface area (Å²) in [6, 6.07) is 2.40. The molecule has 0 atom stereocenters. The van der Waals surface area contributed by atoms with Crippen LogP contribution in [0.15, 0.2) is 22.7 Å². The zero-order chi connectivity index (χ0) is 16.3. The van der Waals surface area contributed by atoms with E-state index in [4.69, 9.17) is 10.3 Å². The first kappa shape index (κ1) is 15.2. The molecule has 0 aliphatic heterocycles. The second kappa shape index (κ2) is 6.05. The number of furan rings is 1. The molecule has 22 heavy (non-hydrogen) atoms. The fraction of sp³-hybridized carbons (Fsp3) is 0.182. The van der Waals surface area contributed by atoms with Gasteiger partial charge in [0, 0.05) is 0 Å². The van der Waals surface area contributed by atoms with Gasteiger partial charge >= 0.3 is 12.0 Å². The Kier molecular flexibility index (Phi) is 4.18. The van der Waals surface area contributed by atoms with Crippen molar-refractivity contribution in [3.8, 4) is 11.5 Å². The highest BCUT2D eigenvalue weighted by atomic mass is 16.6. The number of nitrogens with two attached hydrogens (primary N) is 1. The van der Waals surface area contributed by atoms with E-state index in [1.165, 1.54) is 6.07 Å². The fourth-order valence-electron chi connectivity index (χ4n) is 1.59. The number of carbonyl (C=O) groups excluding carboxylic acids is 2. The summed E-state index contributed by atoms with van der Waals surface area (Å²) in [5, 5.41) is 15.0. The van der Waals surface area contributed by atoms with Gasteiger partial charge in [-0.1, -0.05) is 0 Å². The molecule has 0 aliphatic rings. The van der Waals surface area contributed by atoms with E-state index in [1.807, 2.05) is 0 Å². The van der Waals surface area contributed by atoms with Crippen molar-refractivity contribution in [1.82, 2.24) is 9.89 Å². The number of amides is 1. The van der Waals surface area contributed by atoms with Gasteiger partial charge in [-0.15, -0.1) is 10.2 Å². The van der Waals surface area contributed by atoms with Crippen LogP contribution in [0, 0.1) is 10.1 Å². The van der Waals surface area contributed by atoms with E-state index in [-0.39, 0.29) is 23.6 Å². The first-order valence-electron chi connectivity index (χ1n) is 5.99. The summed E-state index contributed by atoms with van der Waals surface area (Å²) >= 11 is 0. The molecule has 0 fully saturated rings. The third kappa shape index (κ3) is 2.78. The van der Waals surface area contributed by atoms with E-state index >= 15 is 0 Å². The normalized spacial score (nSPS) is 10.3. The fourth-order valence-corrected chi connectivity index (χ4v) is 1.59. The highest BCUT2D eigenvalue weighted by Crippen LogP contribution is 2.26. The Morgan fingerprint density at radius 2 is 2.36 bits per heavy atom. The molecule has 2 aromatic heterocycles. The molecule has 0 unspecified atom stereocenters. The second-order valence-electron chi connectivity index (χ2n) is 3.91. The molecule has 11 heteroatoms. The minimum absolute atomic E-state index is 0.00264. The van der Waals surface area contributed by atoms with Crippen molar-refractivity contribution in [3.05, 3.63) is 34.0 Å². The smallest absolute Gasteiger partial charge is 0.445 e. The van der Waals surface area contributed by atoms with Gasteiger partial charge in [0.25, 0.3) is 0 Å². The molecular weight excluding hydrogens is 298 g/mol. The second-order valence-corrected chi connectivity index (χ2v) is 3.91. The van der Waals surface area contributed by atoms with Crippen LogP contribution < -0.4 is 11.0 Å². The Morgan fingerprint density at radius 3 is 2.91 bits per heavy atom. The molecule has 0 radical (unpaired) electrons. The molecule has 11 nitrogen and oxygen atoms in total. The number of rotatable bonds is 5. The number of nitrogens with zero attached hydrogens (tertiary/aromatic N) is 4. The van der Waals surface area contributed by atoms with Crippen LogP contribution in [0.5, 0.6) is 0 Å². The number of aldehydes is 1. The summed E-state index contributed by atoms with van der Waals surface area (Å²) in [6.45, 7) is 1.70. The van der Waals surface area contributed by atoms with Gasteiger partial charge in [0.15, 0.2) is 12.0 Å². The van der Waals surface area contributed by atoms with Crippen LogP contribution in [-0.4, -0.2) is 33.8 Å². The van der Waals surface area contributed by atoms with Gasteiger partial charge in [-0.05, 0) is 13.0 Å². The van der Waals surface area contributed by atoms with Crippen molar-refractivity contribution in [2.75, 3.05) is 11.7 Å². The molecule has 2 N–H and O–H groups in total. The molecule has 116 valence electrons. The Bertz CT molecular complexity index is 720. The number of carbonyl (C=O) groups is 2. The van der Waals surface area contributed by atoms with Crippen molar-refractivity contribution in [2.45, 2.75) is 6.92 Å². The van der Waals surface area contributed by atoms with Crippen molar-refractivity contribution >= 4 is 18.3 Å². The number of hydrogen-bond acceptors (Lipinski definition) is 8. The van der Waals surface area contributed by atoms with Crippen LogP contribution in [0.25, 0.3) is 11.5 Å².